The lowest BCUT2D eigenvalue weighted by atomic mass is 9.80. The van der Waals surface area contributed by atoms with E-state index in [1.54, 1.807) is 0 Å². The minimum Gasteiger partial charge on any atom is -0.484 e. The van der Waals surface area contributed by atoms with Crippen LogP contribution in [0.3, 0.4) is 0 Å². The van der Waals surface area contributed by atoms with Crippen LogP contribution in [-0.2, 0) is 16.1 Å². The fourth-order valence-electron chi connectivity index (χ4n) is 3.25. The Hall–Kier alpha value is -2.61. The average molecular weight is 410 g/mol. The summed E-state index contributed by atoms with van der Waals surface area (Å²) >= 11 is 5.63. The molecule has 1 saturated carbocycles. The summed E-state index contributed by atoms with van der Waals surface area (Å²) in [6.45, 7) is -0.195. The van der Waals surface area contributed by atoms with Crippen LogP contribution >= 0.6 is 11.6 Å². The van der Waals surface area contributed by atoms with E-state index in [9.17, 15) is 14.0 Å². The predicted molar refractivity (Wildman–Crippen MR) is 99.2 cm³/mol. The maximum absolute atomic E-state index is 13.5. The number of benzene rings is 1. The maximum Gasteiger partial charge on any atom is 0.258 e. The quantitative estimate of drug-likeness (QED) is 0.733. The number of hydrogen-bond acceptors (Lipinski definition) is 5. The molecule has 1 fully saturated rings. The van der Waals surface area contributed by atoms with E-state index in [2.05, 4.69) is 15.6 Å². The van der Waals surface area contributed by atoms with E-state index < -0.39 is 17.3 Å². The standard InChI is InChI=1S/C19H21ClFN3O4/c20-14-5-4-13(10-15(14)21)28-12-16(25)24-19(6-2-1-3-7-19)18(26)23-11-17-22-8-9-27-17/h4-5,8-10H,1-3,6-7,11-12H2,(H,23,26)(H,24,25). The Morgan fingerprint density at radius 1 is 1.29 bits per heavy atom. The molecule has 2 aromatic rings. The fourth-order valence-corrected chi connectivity index (χ4v) is 3.37. The summed E-state index contributed by atoms with van der Waals surface area (Å²) in [6, 6.07) is 3.93. The first-order valence-electron chi connectivity index (χ1n) is 9.04. The molecule has 1 heterocycles. The smallest absolute Gasteiger partial charge is 0.258 e. The fraction of sp³-hybridized carbons (Fsp3) is 0.421. The van der Waals surface area contributed by atoms with Crippen molar-refractivity contribution in [3.63, 3.8) is 0 Å². The molecule has 0 unspecified atom stereocenters. The Morgan fingerprint density at radius 3 is 2.75 bits per heavy atom. The number of hydrogen-bond donors (Lipinski definition) is 2. The molecule has 1 aliphatic carbocycles. The van der Waals surface area contributed by atoms with Crippen molar-refractivity contribution in [2.24, 2.45) is 0 Å². The van der Waals surface area contributed by atoms with E-state index in [-0.39, 0.29) is 29.8 Å². The van der Waals surface area contributed by atoms with Gasteiger partial charge in [-0.3, -0.25) is 9.59 Å². The first-order valence-corrected chi connectivity index (χ1v) is 9.42. The highest BCUT2D eigenvalue weighted by Gasteiger charge is 2.40. The van der Waals surface area contributed by atoms with Gasteiger partial charge in [0.15, 0.2) is 6.61 Å². The average Bonchev–Trinajstić information content (AvgIpc) is 3.21. The molecular formula is C19H21ClFN3O4. The zero-order valence-corrected chi connectivity index (χ0v) is 15.9. The molecule has 0 atom stereocenters. The molecule has 1 aliphatic rings. The van der Waals surface area contributed by atoms with Crippen LogP contribution in [0.25, 0.3) is 0 Å². The lowest BCUT2D eigenvalue weighted by Gasteiger charge is -2.36. The number of rotatable bonds is 7. The van der Waals surface area contributed by atoms with Crippen molar-refractivity contribution in [1.82, 2.24) is 15.6 Å². The molecule has 3 rings (SSSR count). The van der Waals surface area contributed by atoms with Crippen molar-refractivity contribution in [2.45, 2.75) is 44.2 Å². The third-order valence-corrected chi connectivity index (χ3v) is 4.97. The second-order valence-corrected chi connectivity index (χ2v) is 7.07. The number of amides is 2. The Balaban J connectivity index is 1.59. The zero-order chi connectivity index (χ0) is 20.0. The van der Waals surface area contributed by atoms with Gasteiger partial charge in [-0.1, -0.05) is 30.9 Å². The predicted octanol–water partition coefficient (Wildman–Crippen LogP) is 2.98. The second-order valence-electron chi connectivity index (χ2n) is 6.66. The molecule has 0 bridgehead atoms. The molecule has 7 nitrogen and oxygen atoms in total. The monoisotopic (exact) mass is 409 g/mol. The van der Waals surface area contributed by atoms with Crippen LogP contribution in [0, 0.1) is 5.82 Å². The summed E-state index contributed by atoms with van der Waals surface area (Å²) < 4.78 is 23.9. The van der Waals surface area contributed by atoms with E-state index in [4.69, 9.17) is 20.8 Å². The normalized spacial score (nSPS) is 15.6. The van der Waals surface area contributed by atoms with E-state index >= 15 is 0 Å². The van der Waals surface area contributed by atoms with Gasteiger partial charge in [0, 0.05) is 6.07 Å². The van der Waals surface area contributed by atoms with E-state index in [0.29, 0.717) is 18.7 Å². The van der Waals surface area contributed by atoms with E-state index in [1.165, 1.54) is 24.6 Å². The molecule has 28 heavy (non-hydrogen) atoms. The van der Waals surface area contributed by atoms with Crippen molar-refractivity contribution in [3.8, 4) is 5.75 Å². The number of halogens is 2. The largest absolute Gasteiger partial charge is 0.484 e. The van der Waals surface area contributed by atoms with Gasteiger partial charge in [-0.15, -0.1) is 0 Å². The highest BCUT2D eigenvalue weighted by molar-refractivity contribution is 6.30. The summed E-state index contributed by atoms with van der Waals surface area (Å²) in [4.78, 5) is 29.2. The Labute approximate surface area is 166 Å². The first-order chi connectivity index (χ1) is 13.5. The van der Waals surface area contributed by atoms with E-state index in [0.717, 1.165) is 25.3 Å². The molecule has 2 amide bonds. The van der Waals surface area contributed by atoms with Gasteiger partial charge in [0.2, 0.25) is 11.8 Å². The van der Waals surface area contributed by atoms with Crippen LogP contribution in [0.4, 0.5) is 4.39 Å². The van der Waals surface area contributed by atoms with Gasteiger partial charge in [0.1, 0.15) is 23.4 Å². The van der Waals surface area contributed by atoms with Crippen LogP contribution in [-0.4, -0.2) is 28.9 Å². The number of carbonyl (C=O) groups excluding carboxylic acids is 2. The lowest BCUT2D eigenvalue weighted by molar-refractivity contribution is -0.136. The molecule has 0 spiro atoms. The SMILES string of the molecule is O=C(COc1ccc(Cl)c(F)c1)NC1(C(=O)NCc2ncco2)CCCCC1. The third-order valence-electron chi connectivity index (χ3n) is 4.67. The molecular weight excluding hydrogens is 389 g/mol. The Bertz CT molecular complexity index is 823. The zero-order valence-electron chi connectivity index (χ0n) is 15.2. The van der Waals surface area contributed by atoms with E-state index in [1.807, 2.05) is 0 Å². The molecule has 1 aromatic heterocycles. The van der Waals surface area contributed by atoms with Gasteiger partial charge in [0.25, 0.3) is 5.91 Å². The topological polar surface area (TPSA) is 93.5 Å². The number of aromatic nitrogens is 1. The molecule has 150 valence electrons. The Morgan fingerprint density at radius 2 is 2.07 bits per heavy atom. The minimum atomic E-state index is -1.00. The van der Waals surface area contributed by atoms with Crippen molar-refractivity contribution < 1.29 is 23.1 Å². The highest BCUT2D eigenvalue weighted by atomic mass is 35.5. The molecule has 0 aliphatic heterocycles. The highest BCUT2D eigenvalue weighted by Crippen LogP contribution is 2.29. The summed E-state index contributed by atoms with van der Waals surface area (Å²) in [5.74, 6) is -0.795. The van der Waals surface area contributed by atoms with Gasteiger partial charge in [-0.25, -0.2) is 9.37 Å². The van der Waals surface area contributed by atoms with Gasteiger partial charge in [0.05, 0.1) is 17.8 Å². The first kappa shape index (κ1) is 20.1. The van der Waals surface area contributed by atoms with Crippen LogP contribution in [0.5, 0.6) is 5.75 Å². The molecule has 1 aromatic carbocycles. The van der Waals surface area contributed by atoms with Crippen LogP contribution in [0.15, 0.2) is 35.1 Å². The molecule has 0 radical (unpaired) electrons. The van der Waals surface area contributed by atoms with Gasteiger partial charge in [-0.2, -0.15) is 0 Å². The van der Waals surface area contributed by atoms with Crippen molar-refractivity contribution in [3.05, 3.63) is 47.4 Å². The molecule has 9 heteroatoms. The van der Waals surface area contributed by atoms with Crippen molar-refractivity contribution in [2.75, 3.05) is 6.61 Å². The van der Waals surface area contributed by atoms with Crippen molar-refractivity contribution in [1.29, 1.82) is 0 Å². The number of oxazole rings is 1. The second kappa shape index (κ2) is 9.05. The van der Waals surface area contributed by atoms with Crippen molar-refractivity contribution >= 4 is 23.4 Å². The van der Waals surface area contributed by atoms with Crippen LogP contribution in [0.2, 0.25) is 5.02 Å². The Kier molecular flexibility index (Phi) is 6.51. The van der Waals surface area contributed by atoms with Gasteiger partial charge in [-0.05, 0) is 25.0 Å². The molecule has 0 saturated heterocycles. The maximum atomic E-state index is 13.5. The lowest BCUT2D eigenvalue weighted by Crippen LogP contribution is -2.60. The van der Waals surface area contributed by atoms with Crippen LogP contribution < -0.4 is 15.4 Å². The summed E-state index contributed by atoms with van der Waals surface area (Å²) in [5, 5.41) is 5.56. The summed E-state index contributed by atoms with van der Waals surface area (Å²) in [6.07, 6.45) is 6.65. The number of ether oxygens (including phenoxy) is 1. The number of carbonyl (C=O) groups is 2. The van der Waals surface area contributed by atoms with Gasteiger partial charge >= 0.3 is 0 Å². The number of nitrogens with one attached hydrogen (secondary N) is 2. The summed E-state index contributed by atoms with van der Waals surface area (Å²) in [5.41, 5.74) is -1.00. The number of nitrogens with zero attached hydrogens (tertiary/aromatic N) is 1. The molecule has 2 N–H and O–H groups in total. The summed E-state index contributed by atoms with van der Waals surface area (Å²) in [7, 11) is 0. The third kappa shape index (κ3) is 5.01. The minimum absolute atomic E-state index is 0.0272. The van der Waals surface area contributed by atoms with Crippen LogP contribution in [0.1, 0.15) is 38.0 Å². The van der Waals surface area contributed by atoms with Gasteiger partial charge < -0.3 is 19.8 Å².